The van der Waals surface area contributed by atoms with Gasteiger partial charge in [0.25, 0.3) is 0 Å². The monoisotopic (exact) mass is 458 g/mol. The number of sulfonamides is 1. The number of rotatable bonds is 6. The second kappa shape index (κ2) is 8.16. The molecule has 1 aliphatic rings. The van der Waals surface area contributed by atoms with Crippen LogP contribution in [0.2, 0.25) is 4.34 Å². The fraction of sp³-hybridized carbons (Fsp3) is 0.316. The van der Waals surface area contributed by atoms with Gasteiger partial charge >= 0.3 is 0 Å². The maximum absolute atomic E-state index is 14.5. The van der Waals surface area contributed by atoms with E-state index in [0.29, 0.717) is 14.8 Å². The van der Waals surface area contributed by atoms with Crippen LogP contribution in [0.25, 0.3) is 6.08 Å². The summed E-state index contributed by atoms with van der Waals surface area (Å²) in [5.74, 6) is -1.19. The lowest BCUT2D eigenvalue weighted by Gasteiger charge is -2.22. The van der Waals surface area contributed by atoms with E-state index in [1.54, 1.807) is 12.1 Å². The Bertz CT molecular complexity index is 1060. The largest absolute Gasteiger partial charge is 0.386 e. The number of carbonyl (C=O) groups is 1. The van der Waals surface area contributed by atoms with Crippen LogP contribution in [0.15, 0.2) is 35.7 Å². The van der Waals surface area contributed by atoms with E-state index < -0.39 is 33.4 Å². The van der Waals surface area contributed by atoms with Gasteiger partial charge in [-0.1, -0.05) is 17.7 Å². The molecule has 0 aliphatic carbocycles. The zero-order valence-corrected chi connectivity index (χ0v) is 18.1. The molecule has 1 aliphatic heterocycles. The van der Waals surface area contributed by atoms with Crippen molar-refractivity contribution in [1.29, 1.82) is 0 Å². The molecule has 2 aromatic rings. The third kappa shape index (κ3) is 5.23. The Kier molecular flexibility index (Phi) is 6.16. The molecule has 1 fully saturated rings. The number of aliphatic hydroxyl groups is 1. The van der Waals surface area contributed by atoms with E-state index in [4.69, 9.17) is 11.6 Å². The number of anilines is 1. The van der Waals surface area contributed by atoms with E-state index in [1.165, 1.54) is 54.4 Å². The number of nitrogens with zero attached hydrogens (tertiary/aromatic N) is 1. The summed E-state index contributed by atoms with van der Waals surface area (Å²) < 4.78 is 42.0. The standard InChI is InChI=1S/C19H20ClFN2O4S2/c1-19(2,25)12-3-5-16(14(21)11-12)23-9-7-15(18(23)24)22-29(26,27)10-8-13-4-6-17(20)28-13/h3-6,8,10-11,15,22,25H,7,9H2,1-2H3/b10-8+. The molecule has 2 heterocycles. The molecule has 3 rings (SSSR count). The number of benzene rings is 1. The number of hydrogen-bond donors (Lipinski definition) is 2. The summed E-state index contributed by atoms with van der Waals surface area (Å²) in [7, 11) is -3.87. The lowest BCUT2D eigenvalue weighted by molar-refractivity contribution is -0.118. The van der Waals surface area contributed by atoms with Crippen LogP contribution in [0.1, 0.15) is 30.7 Å². The predicted molar refractivity (Wildman–Crippen MR) is 113 cm³/mol. The summed E-state index contributed by atoms with van der Waals surface area (Å²) in [6.07, 6.45) is 1.61. The first-order valence-electron chi connectivity index (χ1n) is 8.76. The van der Waals surface area contributed by atoms with Gasteiger partial charge in [0.2, 0.25) is 15.9 Å². The first-order chi connectivity index (χ1) is 13.5. The van der Waals surface area contributed by atoms with E-state index in [-0.39, 0.29) is 18.7 Å². The van der Waals surface area contributed by atoms with Crippen molar-refractivity contribution in [3.8, 4) is 0 Å². The first kappa shape index (κ1) is 21.9. The molecule has 1 aromatic carbocycles. The second-order valence-electron chi connectivity index (χ2n) is 7.16. The van der Waals surface area contributed by atoms with E-state index in [0.717, 1.165) is 5.41 Å². The Morgan fingerprint density at radius 3 is 2.66 bits per heavy atom. The topological polar surface area (TPSA) is 86.7 Å². The highest BCUT2D eigenvalue weighted by molar-refractivity contribution is 7.92. The van der Waals surface area contributed by atoms with Gasteiger partial charge in [-0.05, 0) is 56.2 Å². The zero-order valence-electron chi connectivity index (χ0n) is 15.7. The first-order valence-corrected chi connectivity index (χ1v) is 11.5. The molecule has 10 heteroatoms. The van der Waals surface area contributed by atoms with Crippen LogP contribution >= 0.6 is 22.9 Å². The van der Waals surface area contributed by atoms with Gasteiger partial charge in [0, 0.05) is 16.8 Å². The third-order valence-corrected chi connectivity index (χ3v) is 6.77. The average Bonchev–Trinajstić information content (AvgIpc) is 3.19. The molecule has 29 heavy (non-hydrogen) atoms. The zero-order chi connectivity index (χ0) is 21.4. The minimum absolute atomic E-state index is 0.0495. The lowest BCUT2D eigenvalue weighted by Crippen LogP contribution is -2.40. The van der Waals surface area contributed by atoms with Crippen molar-refractivity contribution in [2.24, 2.45) is 0 Å². The van der Waals surface area contributed by atoms with Gasteiger partial charge in [0.05, 0.1) is 15.6 Å². The minimum Gasteiger partial charge on any atom is -0.386 e. The van der Waals surface area contributed by atoms with Crippen molar-refractivity contribution < 1.29 is 22.7 Å². The molecule has 1 atom stereocenters. The average molecular weight is 459 g/mol. The molecular formula is C19H20ClFN2O4S2. The molecule has 6 nitrogen and oxygen atoms in total. The number of thiophene rings is 1. The molecular weight excluding hydrogens is 439 g/mol. The smallest absolute Gasteiger partial charge is 0.245 e. The predicted octanol–water partition coefficient (Wildman–Crippen LogP) is 3.46. The molecule has 1 aromatic heterocycles. The van der Waals surface area contributed by atoms with E-state index in [2.05, 4.69) is 4.72 Å². The Morgan fingerprint density at radius 2 is 2.07 bits per heavy atom. The highest BCUT2D eigenvalue weighted by atomic mass is 35.5. The highest BCUT2D eigenvalue weighted by Crippen LogP contribution is 2.29. The Balaban J connectivity index is 1.72. The van der Waals surface area contributed by atoms with Crippen molar-refractivity contribution >= 4 is 50.6 Å². The second-order valence-corrected chi connectivity index (χ2v) is 10.5. The van der Waals surface area contributed by atoms with Gasteiger partial charge in [-0.25, -0.2) is 12.8 Å². The molecule has 1 amide bonds. The Hall–Kier alpha value is -1.78. The fourth-order valence-electron chi connectivity index (χ4n) is 2.95. The molecule has 156 valence electrons. The van der Waals surface area contributed by atoms with Crippen LogP contribution in [0, 0.1) is 5.82 Å². The van der Waals surface area contributed by atoms with E-state index in [1.807, 2.05) is 0 Å². The quantitative estimate of drug-likeness (QED) is 0.694. The highest BCUT2D eigenvalue weighted by Gasteiger charge is 2.36. The van der Waals surface area contributed by atoms with E-state index in [9.17, 15) is 22.7 Å². The van der Waals surface area contributed by atoms with E-state index >= 15 is 0 Å². The van der Waals surface area contributed by atoms with Gasteiger partial charge < -0.3 is 10.0 Å². The number of halogens is 2. The van der Waals surface area contributed by atoms with Gasteiger partial charge in [-0.3, -0.25) is 4.79 Å². The van der Waals surface area contributed by atoms with Crippen molar-refractivity contribution in [2.45, 2.75) is 31.9 Å². The number of carbonyl (C=O) groups excluding carboxylic acids is 1. The molecule has 0 radical (unpaired) electrons. The van der Waals surface area contributed by atoms with Crippen molar-refractivity contribution in [2.75, 3.05) is 11.4 Å². The lowest BCUT2D eigenvalue weighted by atomic mass is 9.98. The minimum atomic E-state index is -3.87. The van der Waals surface area contributed by atoms with Crippen LogP contribution in [0.4, 0.5) is 10.1 Å². The maximum Gasteiger partial charge on any atom is 0.245 e. The summed E-state index contributed by atoms with van der Waals surface area (Å²) >= 11 is 7.04. The summed E-state index contributed by atoms with van der Waals surface area (Å²) in [5.41, 5.74) is -0.791. The molecule has 1 unspecified atom stereocenters. The van der Waals surface area contributed by atoms with Crippen LogP contribution in [-0.4, -0.2) is 32.0 Å². The van der Waals surface area contributed by atoms with Gasteiger partial charge in [-0.15, -0.1) is 11.3 Å². The van der Waals surface area contributed by atoms with Crippen molar-refractivity contribution in [3.05, 3.63) is 56.3 Å². The number of amides is 1. The Labute approximate surface area is 177 Å². The fourth-order valence-corrected chi connectivity index (χ4v) is 5.02. The number of nitrogens with one attached hydrogen (secondary N) is 1. The van der Waals surface area contributed by atoms with Crippen molar-refractivity contribution in [3.63, 3.8) is 0 Å². The molecule has 0 spiro atoms. The van der Waals surface area contributed by atoms with Crippen molar-refractivity contribution in [1.82, 2.24) is 4.72 Å². The SMILES string of the molecule is CC(C)(O)c1ccc(N2CCC(NS(=O)(=O)/C=C/c3ccc(Cl)s3)C2=O)c(F)c1. The van der Waals surface area contributed by atoms with Crippen LogP contribution < -0.4 is 9.62 Å². The van der Waals surface area contributed by atoms with Gasteiger partial charge in [-0.2, -0.15) is 4.72 Å². The normalized spacial score (nSPS) is 18.2. The van der Waals surface area contributed by atoms with Crippen LogP contribution in [0.3, 0.4) is 0 Å². The van der Waals surface area contributed by atoms with Gasteiger partial charge in [0.1, 0.15) is 11.9 Å². The van der Waals surface area contributed by atoms with Crippen LogP contribution in [-0.2, 0) is 20.4 Å². The molecule has 0 bridgehead atoms. The Morgan fingerprint density at radius 1 is 1.34 bits per heavy atom. The van der Waals surface area contributed by atoms with Gasteiger partial charge in [0.15, 0.2) is 0 Å². The summed E-state index contributed by atoms with van der Waals surface area (Å²) in [6, 6.07) is 6.49. The third-order valence-electron chi connectivity index (χ3n) is 4.46. The molecule has 2 N–H and O–H groups in total. The summed E-state index contributed by atoms with van der Waals surface area (Å²) in [6.45, 7) is 3.24. The number of hydrogen-bond acceptors (Lipinski definition) is 5. The maximum atomic E-state index is 14.5. The summed E-state index contributed by atoms with van der Waals surface area (Å²) in [4.78, 5) is 14.5. The molecule has 1 saturated heterocycles. The van der Waals surface area contributed by atoms with Crippen LogP contribution in [0.5, 0.6) is 0 Å². The molecule has 0 saturated carbocycles. The summed E-state index contributed by atoms with van der Waals surface area (Å²) in [5, 5.41) is 11.0.